The molecule has 4 aromatic rings. The third-order valence-electron chi connectivity index (χ3n) is 9.79. The first-order chi connectivity index (χ1) is 24.5. The average molecular weight is 734 g/mol. The molecule has 4 heterocycles. The maximum absolute atomic E-state index is 14.9. The Balaban J connectivity index is 1.51. The summed E-state index contributed by atoms with van der Waals surface area (Å²) < 4.78 is 37.0. The van der Waals surface area contributed by atoms with Crippen LogP contribution in [0, 0.1) is 12.7 Å². The number of imidazole rings is 1. The van der Waals surface area contributed by atoms with Gasteiger partial charge in [-0.2, -0.15) is 5.10 Å². The largest absolute Gasteiger partial charge is 0.480 e. The highest BCUT2D eigenvalue weighted by Gasteiger charge is 2.40. The number of carbonyl (C=O) groups excluding carboxylic acids is 1. The lowest BCUT2D eigenvalue weighted by Gasteiger charge is -2.34. The summed E-state index contributed by atoms with van der Waals surface area (Å²) in [7, 11) is -1.39. The number of carbonyl (C=O) groups is 2. The second-order valence-electron chi connectivity index (χ2n) is 16.2. The number of amides is 1. The molecule has 0 spiro atoms. The molecule has 2 aromatic carbocycles. The lowest BCUT2D eigenvalue weighted by atomic mass is 9.95. The fraction of sp³-hybridized carbons (Fsp3) is 0.538. The molecule has 0 saturated carbocycles. The van der Waals surface area contributed by atoms with Crippen molar-refractivity contribution in [2.24, 2.45) is 0 Å². The molecule has 13 heteroatoms. The summed E-state index contributed by atoms with van der Waals surface area (Å²) in [6.45, 7) is 17.3. The molecule has 6 rings (SSSR count). The van der Waals surface area contributed by atoms with Crippen LogP contribution in [-0.4, -0.2) is 74.3 Å². The minimum atomic E-state index is -1.39. The number of aromatic nitrogens is 4. The molecule has 1 saturated heterocycles. The Hall–Kier alpha value is -4.07. The summed E-state index contributed by atoms with van der Waals surface area (Å²) in [6.07, 6.45) is 2.52. The lowest BCUT2D eigenvalue weighted by molar-refractivity contribution is -0.143. The number of carboxylic acid groups (broad SMARTS) is 1. The normalized spacial score (nSPS) is 18.1. The highest BCUT2D eigenvalue weighted by Crippen LogP contribution is 2.38. The van der Waals surface area contributed by atoms with E-state index in [4.69, 9.17) is 24.3 Å². The monoisotopic (exact) mass is 733 g/mol. The number of benzene rings is 2. The first-order valence-electron chi connectivity index (χ1n) is 18.4. The van der Waals surface area contributed by atoms with E-state index in [1.165, 1.54) is 4.90 Å². The van der Waals surface area contributed by atoms with Gasteiger partial charge >= 0.3 is 12.1 Å². The number of hydrogen-bond acceptors (Lipinski definition) is 7. The SMILES string of the molecule is CCc1cc(C)c(F)cc1-c1ccc2c(-c3nc4c(n3COCC[Si](C)(C)C)CN(C(=O)OC(C)(C)C)[C@H](C(=O)O)C4)nn(C3CCCCO3)c2c1. The van der Waals surface area contributed by atoms with Gasteiger partial charge < -0.3 is 23.9 Å². The summed E-state index contributed by atoms with van der Waals surface area (Å²) in [4.78, 5) is 32.3. The second-order valence-corrected chi connectivity index (χ2v) is 21.9. The Morgan fingerprint density at radius 1 is 1.13 bits per heavy atom. The molecule has 1 unspecified atom stereocenters. The van der Waals surface area contributed by atoms with Gasteiger partial charge in [-0.1, -0.05) is 38.7 Å². The summed E-state index contributed by atoms with van der Waals surface area (Å²) in [5.41, 5.74) is 5.26. The second kappa shape index (κ2) is 14.7. The maximum atomic E-state index is 14.9. The van der Waals surface area contributed by atoms with Crippen LogP contribution in [0.3, 0.4) is 0 Å². The molecule has 1 N–H and O–H groups in total. The van der Waals surface area contributed by atoms with Crippen LogP contribution in [0.4, 0.5) is 9.18 Å². The predicted molar refractivity (Wildman–Crippen MR) is 200 cm³/mol. The molecule has 1 fully saturated rings. The number of halogens is 1. The molecule has 52 heavy (non-hydrogen) atoms. The van der Waals surface area contributed by atoms with Crippen LogP contribution in [-0.2, 0) is 45.1 Å². The molecule has 1 amide bonds. The summed E-state index contributed by atoms with van der Waals surface area (Å²) in [6, 6.07) is 9.38. The first-order valence-corrected chi connectivity index (χ1v) is 22.1. The standard InChI is InChI=1S/C39H52FN5O6Si/c1-9-25-18-24(2)29(40)20-28(25)26-13-14-27-31(19-26)45(34-12-10-11-15-50-34)42-35(27)36-41-30-21-32(37(46)47)43(38(48)51-39(3,4)5)22-33(30)44(36)23-49-16-17-52(6,7)8/h13-14,18-20,32,34H,9-12,15-17,21-23H2,1-8H3,(H,46,47)/t32-,34?/m0/s1. The topological polar surface area (TPSA) is 121 Å². The van der Waals surface area contributed by atoms with Gasteiger partial charge in [-0.05, 0) is 99.9 Å². The van der Waals surface area contributed by atoms with Gasteiger partial charge in [0.05, 0.1) is 23.4 Å². The van der Waals surface area contributed by atoms with Crippen molar-refractivity contribution in [1.82, 2.24) is 24.2 Å². The van der Waals surface area contributed by atoms with E-state index in [2.05, 4.69) is 32.6 Å². The molecule has 2 atom stereocenters. The number of rotatable bonds is 10. The Bertz CT molecular complexity index is 1970. The zero-order valence-electron chi connectivity index (χ0n) is 31.7. The van der Waals surface area contributed by atoms with Crippen LogP contribution < -0.4 is 0 Å². The lowest BCUT2D eigenvalue weighted by Crippen LogP contribution is -2.50. The Morgan fingerprint density at radius 3 is 2.56 bits per heavy atom. The van der Waals surface area contributed by atoms with Gasteiger partial charge in [0.25, 0.3) is 0 Å². The summed E-state index contributed by atoms with van der Waals surface area (Å²) in [5.74, 6) is -0.857. The van der Waals surface area contributed by atoms with Gasteiger partial charge in [0.15, 0.2) is 12.1 Å². The van der Waals surface area contributed by atoms with Crippen LogP contribution in [0.15, 0.2) is 30.3 Å². The van der Waals surface area contributed by atoms with E-state index in [-0.39, 0.29) is 31.7 Å². The fourth-order valence-corrected chi connectivity index (χ4v) is 7.69. The van der Waals surface area contributed by atoms with E-state index in [1.807, 2.05) is 27.4 Å². The van der Waals surface area contributed by atoms with Crippen LogP contribution >= 0.6 is 0 Å². The summed E-state index contributed by atoms with van der Waals surface area (Å²) in [5, 5.41) is 16.3. The van der Waals surface area contributed by atoms with Crippen LogP contribution in [0.25, 0.3) is 33.5 Å². The summed E-state index contributed by atoms with van der Waals surface area (Å²) >= 11 is 0. The van der Waals surface area contributed by atoms with Gasteiger partial charge in [-0.25, -0.2) is 23.6 Å². The van der Waals surface area contributed by atoms with E-state index in [0.717, 1.165) is 59.3 Å². The zero-order valence-corrected chi connectivity index (χ0v) is 32.7. The molecule has 280 valence electrons. The predicted octanol–water partition coefficient (Wildman–Crippen LogP) is 8.33. The van der Waals surface area contributed by atoms with Crippen molar-refractivity contribution in [3.8, 4) is 22.6 Å². The first kappa shape index (κ1) is 37.7. The number of fused-ring (bicyclic) bond motifs is 2. The third-order valence-corrected chi connectivity index (χ3v) is 11.5. The van der Waals surface area contributed by atoms with E-state index in [1.54, 1.807) is 33.8 Å². The van der Waals surface area contributed by atoms with Crippen LogP contribution in [0.2, 0.25) is 25.7 Å². The van der Waals surface area contributed by atoms with Gasteiger partial charge in [-0.3, -0.25) is 4.90 Å². The van der Waals surface area contributed by atoms with Crippen molar-refractivity contribution in [2.45, 2.75) is 124 Å². The van der Waals surface area contributed by atoms with Crippen molar-refractivity contribution in [3.05, 3.63) is 58.7 Å². The number of nitrogens with zero attached hydrogens (tertiary/aromatic N) is 5. The van der Waals surface area contributed by atoms with Gasteiger partial charge in [0, 0.05) is 33.1 Å². The van der Waals surface area contributed by atoms with Crippen molar-refractivity contribution in [1.29, 1.82) is 0 Å². The van der Waals surface area contributed by atoms with E-state index in [9.17, 15) is 19.1 Å². The van der Waals surface area contributed by atoms with Crippen LogP contribution in [0.5, 0.6) is 0 Å². The third kappa shape index (κ3) is 7.96. The average Bonchev–Trinajstić information content (AvgIpc) is 3.63. The van der Waals surface area contributed by atoms with Crippen molar-refractivity contribution in [2.75, 3.05) is 13.2 Å². The molecule has 0 aliphatic carbocycles. The van der Waals surface area contributed by atoms with Gasteiger partial charge in [0.2, 0.25) is 0 Å². The maximum Gasteiger partial charge on any atom is 0.411 e. The van der Waals surface area contributed by atoms with Crippen LogP contribution in [0.1, 0.15) is 75.7 Å². The van der Waals surface area contributed by atoms with E-state index in [0.29, 0.717) is 41.7 Å². The molecule has 2 aliphatic rings. The molecule has 11 nitrogen and oxygen atoms in total. The van der Waals surface area contributed by atoms with Gasteiger partial charge in [-0.15, -0.1) is 0 Å². The van der Waals surface area contributed by atoms with Crippen molar-refractivity contribution in [3.63, 3.8) is 0 Å². The molecular formula is C39H52FN5O6Si. The fourth-order valence-electron chi connectivity index (χ4n) is 6.94. The van der Waals surface area contributed by atoms with Crippen molar-refractivity contribution >= 4 is 31.0 Å². The molecule has 0 radical (unpaired) electrons. The molecule has 2 aliphatic heterocycles. The number of ether oxygens (including phenoxy) is 3. The quantitative estimate of drug-likeness (QED) is 0.128. The number of aliphatic carboxylic acids is 1. The van der Waals surface area contributed by atoms with E-state index < -0.39 is 31.8 Å². The number of aryl methyl sites for hydroxylation is 2. The highest BCUT2D eigenvalue weighted by atomic mass is 28.3. The minimum absolute atomic E-state index is 0.00607. The smallest absolute Gasteiger partial charge is 0.411 e. The Morgan fingerprint density at radius 2 is 1.90 bits per heavy atom. The molecule has 0 bridgehead atoms. The molecule has 2 aromatic heterocycles. The zero-order chi connectivity index (χ0) is 37.5. The number of hydrogen-bond donors (Lipinski definition) is 1. The van der Waals surface area contributed by atoms with Gasteiger partial charge in [0.1, 0.15) is 29.9 Å². The Kier molecular flexibility index (Phi) is 10.7. The number of carboxylic acids is 1. The highest BCUT2D eigenvalue weighted by molar-refractivity contribution is 6.76. The van der Waals surface area contributed by atoms with Crippen molar-refractivity contribution < 1.29 is 33.3 Å². The molecular weight excluding hydrogens is 682 g/mol. The van der Waals surface area contributed by atoms with E-state index >= 15 is 0 Å². The Labute approximate surface area is 306 Å². The minimum Gasteiger partial charge on any atom is -0.480 e.